The molecule has 0 spiro atoms. The Kier molecular flexibility index (Phi) is 3.25. The average molecular weight is 269 g/mol. The predicted octanol–water partition coefficient (Wildman–Crippen LogP) is 1.16. The van der Waals surface area contributed by atoms with E-state index in [0.29, 0.717) is 19.7 Å². The van der Waals surface area contributed by atoms with Crippen LogP contribution in [0.5, 0.6) is 0 Å². The van der Waals surface area contributed by atoms with E-state index in [2.05, 4.69) is 16.0 Å². The lowest BCUT2D eigenvalue weighted by Crippen LogP contribution is -2.41. The first kappa shape index (κ1) is 12.8. The van der Waals surface area contributed by atoms with Gasteiger partial charge in [-0.25, -0.2) is 0 Å². The predicted molar refractivity (Wildman–Crippen MR) is 72.5 cm³/mol. The van der Waals surface area contributed by atoms with E-state index in [4.69, 9.17) is 4.74 Å². The second-order valence-electron chi connectivity index (χ2n) is 5.10. The van der Waals surface area contributed by atoms with E-state index < -0.39 is 0 Å². The lowest BCUT2D eigenvalue weighted by molar-refractivity contribution is -0.114. The van der Waals surface area contributed by atoms with Gasteiger partial charge in [0.05, 0.1) is 18.4 Å². The van der Waals surface area contributed by atoms with Crippen LogP contribution >= 0.6 is 0 Å². The Morgan fingerprint density at radius 1 is 1.55 bits per heavy atom. The molecule has 0 N–H and O–H groups in total. The van der Waals surface area contributed by atoms with E-state index in [1.54, 1.807) is 12.4 Å². The highest BCUT2D eigenvalue weighted by molar-refractivity contribution is 6.09. The number of nitriles is 1. The third-order valence-electron chi connectivity index (χ3n) is 3.69. The molecule has 102 valence electrons. The first-order valence-electron chi connectivity index (χ1n) is 6.68. The lowest BCUT2D eigenvalue weighted by Gasteiger charge is -2.36. The zero-order chi connectivity index (χ0) is 14.1. The van der Waals surface area contributed by atoms with Crippen molar-refractivity contribution in [1.29, 1.82) is 5.26 Å². The van der Waals surface area contributed by atoms with Crippen LogP contribution in [0.15, 0.2) is 24.0 Å². The molecule has 1 atom stereocenters. The SMILES string of the molecule is C[C@H]1CN(C2=C(C#N)C(=O)Cc3cnccc32)CCO1. The smallest absolute Gasteiger partial charge is 0.179 e. The molecule has 5 nitrogen and oxygen atoms in total. The maximum atomic E-state index is 12.2. The number of hydrogen-bond donors (Lipinski definition) is 0. The molecule has 5 heteroatoms. The maximum Gasteiger partial charge on any atom is 0.179 e. The third kappa shape index (κ3) is 2.08. The molecule has 0 unspecified atom stereocenters. The molecule has 1 aliphatic carbocycles. The summed E-state index contributed by atoms with van der Waals surface area (Å²) in [5.74, 6) is -0.123. The molecule has 1 aromatic heterocycles. The van der Waals surface area contributed by atoms with E-state index >= 15 is 0 Å². The molecule has 1 fully saturated rings. The summed E-state index contributed by atoms with van der Waals surface area (Å²) in [6.07, 6.45) is 3.77. The molecular formula is C15H15N3O2. The fourth-order valence-electron chi connectivity index (χ4n) is 2.79. The summed E-state index contributed by atoms with van der Waals surface area (Å²) in [7, 11) is 0. The van der Waals surface area contributed by atoms with Gasteiger partial charge in [-0.1, -0.05) is 0 Å². The summed E-state index contributed by atoms with van der Waals surface area (Å²) in [5, 5.41) is 9.35. The number of ketones is 1. The van der Waals surface area contributed by atoms with Crippen molar-refractivity contribution >= 4 is 11.5 Å². The number of hydrogen-bond acceptors (Lipinski definition) is 5. The van der Waals surface area contributed by atoms with Gasteiger partial charge in [-0.2, -0.15) is 5.26 Å². The van der Waals surface area contributed by atoms with Gasteiger partial charge in [0.2, 0.25) is 0 Å². The number of aromatic nitrogens is 1. The van der Waals surface area contributed by atoms with Gasteiger partial charge >= 0.3 is 0 Å². The van der Waals surface area contributed by atoms with Crippen molar-refractivity contribution in [3.63, 3.8) is 0 Å². The molecule has 1 aromatic rings. The van der Waals surface area contributed by atoms with Crippen molar-refractivity contribution in [2.24, 2.45) is 0 Å². The second kappa shape index (κ2) is 5.06. The van der Waals surface area contributed by atoms with Crippen molar-refractivity contribution < 1.29 is 9.53 Å². The Morgan fingerprint density at radius 2 is 2.40 bits per heavy atom. The second-order valence-corrected chi connectivity index (χ2v) is 5.10. The van der Waals surface area contributed by atoms with E-state index in [-0.39, 0.29) is 23.9 Å². The third-order valence-corrected chi connectivity index (χ3v) is 3.69. The average Bonchev–Trinajstić information content (AvgIpc) is 2.45. The van der Waals surface area contributed by atoms with Gasteiger partial charge in [-0.05, 0) is 18.6 Å². The highest BCUT2D eigenvalue weighted by atomic mass is 16.5. The normalized spacial score (nSPS) is 22.5. The zero-order valence-corrected chi connectivity index (χ0v) is 11.3. The van der Waals surface area contributed by atoms with Crippen LogP contribution in [0.4, 0.5) is 0 Å². The van der Waals surface area contributed by atoms with Crippen molar-refractivity contribution in [2.45, 2.75) is 19.4 Å². The minimum absolute atomic E-state index is 0.0958. The molecule has 0 aromatic carbocycles. The van der Waals surface area contributed by atoms with E-state index in [1.807, 2.05) is 13.0 Å². The molecular weight excluding hydrogens is 254 g/mol. The number of morpholine rings is 1. The summed E-state index contributed by atoms with van der Waals surface area (Å²) in [6, 6.07) is 3.97. The molecule has 0 radical (unpaired) electrons. The number of fused-ring (bicyclic) bond motifs is 1. The summed E-state index contributed by atoms with van der Waals surface area (Å²) < 4.78 is 5.54. The molecule has 2 heterocycles. The Bertz CT molecular complexity index is 630. The van der Waals surface area contributed by atoms with Gasteiger partial charge < -0.3 is 9.64 Å². The summed E-state index contributed by atoms with van der Waals surface area (Å²) >= 11 is 0. The molecule has 0 bridgehead atoms. The molecule has 0 amide bonds. The minimum Gasteiger partial charge on any atom is -0.375 e. The quantitative estimate of drug-likeness (QED) is 0.765. The van der Waals surface area contributed by atoms with Crippen molar-refractivity contribution in [3.05, 3.63) is 35.2 Å². The van der Waals surface area contributed by atoms with Crippen LogP contribution in [0, 0.1) is 11.3 Å². The maximum absolute atomic E-state index is 12.2. The topological polar surface area (TPSA) is 66.2 Å². The van der Waals surface area contributed by atoms with Crippen molar-refractivity contribution in [2.75, 3.05) is 19.7 Å². The molecule has 1 aliphatic heterocycles. The summed E-state index contributed by atoms with van der Waals surface area (Å²) in [6.45, 7) is 3.99. The van der Waals surface area contributed by atoms with Crippen LogP contribution in [-0.4, -0.2) is 41.5 Å². The molecule has 2 aliphatic rings. The highest BCUT2D eigenvalue weighted by Gasteiger charge is 2.31. The lowest BCUT2D eigenvalue weighted by atomic mass is 9.89. The van der Waals surface area contributed by atoms with Crippen molar-refractivity contribution in [1.82, 2.24) is 9.88 Å². The van der Waals surface area contributed by atoms with Crippen LogP contribution in [0.2, 0.25) is 0 Å². The van der Waals surface area contributed by atoms with E-state index in [1.165, 1.54) is 0 Å². The van der Waals surface area contributed by atoms with Gasteiger partial charge in [-0.15, -0.1) is 0 Å². The first-order valence-corrected chi connectivity index (χ1v) is 6.68. The molecule has 1 saturated heterocycles. The molecule has 0 saturated carbocycles. The standard InChI is InChI=1S/C15H15N3O2/c1-10-9-18(4-5-20-10)15-12-2-3-17-8-11(12)6-14(19)13(15)7-16/h2-3,8,10H,4-6,9H2,1H3/t10-/m0/s1. The van der Waals surface area contributed by atoms with Gasteiger partial charge in [0.1, 0.15) is 11.6 Å². The Hall–Kier alpha value is -2.19. The van der Waals surface area contributed by atoms with Crippen LogP contribution in [0.1, 0.15) is 18.1 Å². The minimum atomic E-state index is -0.123. The highest BCUT2D eigenvalue weighted by Crippen LogP contribution is 2.32. The Morgan fingerprint density at radius 3 is 3.15 bits per heavy atom. The number of rotatable bonds is 1. The molecule has 20 heavy (non-hydrogen) atoms. The largest absolute Gasteiger partial charge is 0.375 e. The van der Waals surface area contributed by atoms with Gasteiger partial charge in [0.15, 0.2) is 5.78 Å². The van der Waals surface area contributed by atoms with Crippen LogP contribution in [0.25, 0.3) is 5.70 Å². The number of carbonyl (C=O) groups excluding carboxylic acids is 1. The first-order chi connectivity index (χ1) is 9.70. The van der Waals surface area contributed by atoms with Crippen LogP contribution in [-0.2, 0) is 16.0 Å². The van der Waals surface area contributed by atoms with Crippen molar-refractivity contribution in [3.8, 4) is 6.07 Å². The van der Waals surface area contributed by atoms with Crippen LogP contribution < -0.4 is 0 Å². The van der Waals surface area contributed by atoms with Gasteiger partial charge in [0.25, 0.3) is 0 Å². The number of ether oxygens (including phenoxy) is 1. The summed E-state index contributed by atoms with van der Waals surface area (Å²) in [5.41, 5.74) is 2.85. The van der Waals surface area contributed by atoms with Gasteiger partial charge in [0, 0.05) is 37.5 Å². The van der Waals surface area contributed by atoms with E-state index in [0.717, 1.165) is 16.8 Å². The number of nitrogens with zero attached hydrogens (tertiary/aromatic N) is 3. The fourth-order valence-corrected chi connectivity index (χ4v) is 2.79. The number of Topliss-reactive ketones (excluding diaryl/α,β-unsaturated/α-hetero) is 1. The van der Waals surface area contributed by atoms with Crippen LogP contribution in [0.3, 0.4) is 0 Å². The monoisotopic (exact) mass is 269 g/mol. The number of carbonyl (C=O) groups is 1. The van der Waals surface area contributed by atoms with E-state index in [9.17, 15) is 10.1 Å². The summed E-state index contributed by atoms with van der Waals surface area (Å²) in [4.78, 5) is 18.3. The Labute approximate surface area is 117 Å². The number of pyridine rings is 1. The Balaban J connectivity index is 2.12. The molecule has 3 rings (SSSR count). The zero-order valence-electron chi connectivity index (χ0n) is 11.3. The van der Waals surface area contributed by atoms with Gasteiger partial charge in [-0.3, -0.25) is 9.78 Å². The number of allylic oxidation sites excluding steroid dienone is 1. The fraction of sp³-hybridized carbons (Fsp3) is 0.400.